The molecule has 4 N–H and O–H groups in total. The number of benzene rings is 1. The van der Waals surface area contributed by atoms with Crippen molar-refractivity contribution in [3.05, 3.63) is 34.6 Å². The van der Waals surface area contributed by atoms with Gasteiger partial charge in [-0.3, -0.25) is 4.79 Å². The summed E-state index contributed by atoms with van der Waals surface area (Å²) < 4.78 is 13.3. The van der Waals surface area contributed by atoms with Gasteiger partial charge in [-0.05, 0) is 12.1 Å². The molecule has 0 unspecified atom stereocenters. The lowest BCUT2D eigenvalue weighted by molar-refractivity contribution is 0.0951. The minimum absolute atomic E-state index is 0.0232. The van der Waals surface area contributed by atoms with Gasteiger partial charge in [-0.25, -0.2) is 4.39 Å². The fraction of sp³-hybridized carbons (Fsp3) is 0.200. The number of hydrogen-bond acceptors (Lipinski definition) is 3. The molecule has 0 radical (unpaired) electrons. The van der Waals surface area contributed by atoms with E-state index in [-0.39, 0.29) is 29.4 Å². The smallest absolute Gasteiger partial charge is 0.255 e. The Hall–Kier alpha value is -1.82. The van der Waals surface area contributed by atoms with Crippen molar-refractivity contribution in [2.45, 2.75) is 6.42 Å². The first-order valence-corrected chi connectivity index (χ1v) is 5.12. The highest BCUT2D eigenvalue weighted by molar-refractivity contribution is 6.33. The molecule has 0 fully saturated rings. The van der Waals surface area contributed by atoms with E-state index in [4.69, 9.17) is 22.5 Å². The van der Waals surface area contributed by atoms with E-state index in [0.717, 1.165) is 6.07 Å². The molecule has 0 atom stereocenters. The molecular formula is C10H11ClFN3O2. The van der Waals surface area contributed by atoms with Crippen LogP contribution in [0.1, 0.15) is 16.8 Å². The summed E-state index contributed by atoms with van der Waals surface area (Å²) >= 11 is 5.70. The van der Waals surface area contributed by atoms with Crippen LogP contribution in [0.3, 0.4) is 0 Å². The SMILES string of the molecule is NC(CCNC(=O)c1c(F)cccc1Cl)=NO. The highest BCUT2D eigenvalue weighted by atomic mass is 35.5. The summed E-state index contributed by atoms with van der Waals surface area (Å²) in [5.74, 6) is -1.36. The van der Waals surface area contributed by atoms with Gasteiger partial charge in [0.25, 0.3) is 5.91 Å². The number of carbonyl (C=O) groups is 1. The number of halogens is 2. The van der Waals surface area contributed by atoms with E-state index in [1.807, 2.05) is 0 Å². The number of oxime groups is 1. The Labute approximate surface area is 102 Å². The van der Waals surface area contributed by atoms with Crippen molar-refractivity contribution < 1.29 is 14.4 Å². The Morgan fingerprint density at radius 3 is 2.88 bits per heavy atom. The fourth-order valence-corrected chi connectivity index (χ4v) is 1.41. The largest absolute Gasteiger partial charge is 0.409 e. The number of amidine groups is 1. The highest BCUT2D eigenvalue weighted by Crippen LogP contribution is 2.18. The molecular weight excluding hydrogens is 249 g/mol. The van der Waals surface area contributed by atoms with Crippen molar-refractivity contribution >= 4 is 23.3 Å². The van der Waals surface area contributed by atoms with Crippen molar-refractivity contribution in [1.29, 1.82) is 0 Å². The first-order valence-electron chi connectivity index (χ1n) is 4.75. The molecule has 92 valence electrons. The van der Waals surface area contributed by atoms with Crippen molar-refractivity contribution in [2.75, 3.05) is 6.54 Å². The maximum absolute atomic E-state index is 13.3. The first kappa shape index (κ1) is 13.2. The van der Waals surface area contributed by atoms with E-state index >= 15 is 0 Å². The summed E-state index contributed by atoms with van der Waals surface area (Å²) in [5.41, 5.74) is 4.99. The molecule has 0 aliphatic rings. The zero-order chi connectivity index (χ0) is 12.8. The van der Waals surface area contributed by atoms with Crippen molar-refractivity contribution in [3.8, 4) is 0 Å². The lowest BCUT2D eigenvalue weighted by Crippen LogP contribution is -2.28. The number of carbonyl (C=O) groups excluding carboxylic acids is 1. The number of hydrogen-bond donors (Lipinski definition) is 3. The summed E-state index contributed by atoms with van der Waals surface area (Å²) in [6.45, 7) is 0.124. The van der Waals surface area contributed by atoms with Gasteiger partial charge in [0.05, 0.1) is 10.6 Å². The van der Waals surface area contributed by atoms with Gasteiger partial charge in [-0.2, -0.15) is 0 Å². The zero-order valence-electron chi connectivity index (χ0n) is 8.78. The van der Waals surface area contributed by atoms with Crippen molar-refractivity contribution in [1.82, 2.24) is 5.32 Å². The predicted octanol–water partition coefficient (Wildman–Crippen LogP) is 1.35. The van der Waals surface area contributed by atoms with E-state index in [1.54, 1.807) is 0 Å². The van der Waals surface area contributed by atoms with Crippen LogP contribution in [0.25, 0.3) is 0 Å². The minimum atomic E-state index is -0.696. The fourth-order valence-electron chi connectivity index (χ4n) is 1.16. The Balaban J connectivity index is 2.65. The number of nitrogens with two attached hydrogens (primary N) is 1. The van der Waals surface area contributed by atoms with Gasteiger partial charge in [0, 0.05) is 13.0 Å². The molecule has 1 aromatic rings. The molecule has 1 rings (SSSR count). The van der Waals surface area contributed by atoms with Gasteiger partial charge < -0.3 is 16.3 Å². The van der Waals surface area contributed by atoms with Gasteiger partial charge in [0.1, 0.15) is 11.7 Å². The molecule has 0 aromatic heterocycles. The van der Waals surface area contributed by atoms with Gasteiger partial charge in [-0.15, -0.1) is 0 Å². The number of rotatable bonds is 4. The number of nitrogens with one attached hydrogen (secondary N) is 1. The zero-order valence-corrected chi connectivity index (χ0v) is 9.54. The van der Waals surface area contributed by atoms with Crippen LogP contribution in [0.4, 0.5) is 4.39 Å². The maximum atomic E-state index is 13.3. The molecule has 0 saturated carbocycles. The number of nitrogens with zero attached hydrogens (tertiary/aromatic N) is 1. The molecule has 0 spiro atoms. The Morgan fingerprint density at radius 1 is 1.59 bits per heavy atom. The third kappa shape index (κ3) is 3.60. The van der Waals surface area contributed by atoms with Crippen molar-refractivity contribution in [2.24, 2.45) is 10.9 Å². The highest BCUT2D eigenvalue weighted by Gasteiger charge is 2.14. The minimum Gasteiger partial charge on any atom is -0.409 e. The van der Waals surface area contributed by atoms with Crippen LogP contribution < -0.4 is 11.1 Å². The van der Waals surface area contributed by atoms with Gasteiger partial charge in [0.15, 0.2) is 0 Å². The Kier molecular flexibility index (Phi) is 4.71. The summed E-state index contributed by atoms with van der Waals surface area (Å²) in [6, 6.07) is 3.97. The first-order chi connectivity index (χ1) is 8.06. The Morgan fingerprint density at radius 2 is 2.29 bits per heavy atom. The van der Waals surface area contributed by atoms with Gasteiger partial charge in [-0.1, -0.05) is 22.8 Å². The molecule has 0 aliphatic heterocycles. The average Bonchev–Trinajstić information content (AvgIpc) is 2.28. The lowest BCUT2D eigenvalue weighted by atomic mass is 10.2. The third-order valence-corrected chi connectivity index (χ3v) is 2.30. The third-order valence-electron chi connectivity index (χ3n) is 1.98. The molecule has 7 heteroatoms. The van der Waals surface area contributed by atoms with Crippen LogP contribution in [-0.2, 0) is 0 Å². The second-order valence-electron chi connectivity index (χ2n) is 3.19. The van der Waals surface area contributed by atoms with Crippen molar-refractivity contribution in [3.63, 3.8) is 0 Å². The summed E-state index contributed by atoms with van der Waals surface area (Å²) in [5, 5.41) is 13.5. The molecule has 1 amide bonds. The predicted molar refractivity (Wildman–Crippen MR) is 61.8 cm³/mol. The van der Waals surface area contributed by atoms with Crippen LogP contribution >= 0.6 is 11.6 Å². The maximum Gasteiger partial charge on any atom is 0.255 e. The van der Waals surface area contributed by atoms with Crippen LogP contribution in [0.5, 0.6) is 0 Å². The molecule has 17 heavy (non-hydrogen) atoms. The van der Waals surface area contributed by atoms with E-state index in [9.17, 15) is 9.18 Å². The Bertz CT molecular complexity index is 431. The molecule has 0 aliphatic carbocycles. The van der Waals surface area contributed by atoms with E-state index < -0.39 is 11.7 Å². The van der Waals surface area contributed by atoms with E-state index in [0.29, 0.717) is 0 Å². The standard InChI is InChI=1S/C10H11ClFN3O2/c11-6-2-1-3-7(12)9(6)10(16)14-5-4-8(13)15-17/h1-3,17H,4-5H2,(H2,13,15)(H,14,16). The number of amides is 1. The van der Waals surface area contributed by atoms with Crippen LogP contribution in [-0.4, -0.2) is 23.5 Å². The summed E-state index contributed by atoms with van der Waals surface area (Å²) in [7, 11) is 0. The van der Waals surface area contributed by atoms with Crippen LogP contribution in [0.2, 0.25) is 5.02 Å². The second-order valence-corrected chi connectivity index (χ2v) is 3.60. The summed E-state index contributed by atoms with van der Waals surface area (Å²) in [6.07, 6.45) is 0.161. The van der Waals surface area contributed by atoms with Crippen LogP contribution in [0.15, 0.2) is 23.4 Å². The van der Waals surface area contributed by atoms with E-state index in [2.05, 4.69) is 10.5 Å². The van der Waals surface area contributed by atoms with Gasteiger partial charge >= 0.3 is 0 Å². The van der Waals surface area contributed by atoms with Crippen LogP contribution in [0, 0.1) is 5.82 Å². The molecule has 0 saturated heterocycles. The normalized spacial score (nSPS) is 11.3. The molecule has 0 heterocycles. The lowest BCUT2D eigenvalue weighted by Gasteiger charge is -2.06. The summed E-state index contributed by atoms with van der Waals surface area (Å²) in [4.78, 5) is 11.6. The molecule has 5 nitrogen and oxygen atoms in total. The monoisotopic (exact) mass is 259 g/mol. The quantitative estimate of drug-likeness (QED) is 0.330. The molecule has 0 bridgehead atoms. The topological polar surface area (TPSA) is 87.7 Å². The second kappa shape index (κ2) is 6.05. The van der Waals surface area contributed by atoms with E-state index in [1.165, 1.54) is 12.1 Å². The molecule has 1 aromatic carbocycles. The average molecular weight is 260 g/mol. The van der Waals surface area contributed by atoms with Gasteiger partial charge in [0.2, 0.25) is 0 Å².